The first-order chi connectivity index (χ1) is 9.50. The minimum Gasteiger partial charge on any atom is -0.457 e. The van der Waals surface area contributed by atoms with Gasteiger partial charge in [-0.25, -0.2) is 0 Å². The molecule has 0 saturated heterocycles. The zero-order valence-corrected chi connectivity index (χ0v) is 15.7. The van der Waals surface area contributed by atoms with Gasteiger partial charge >= 0.3 is 11.9 Å². The lowest BCUT2D eigenvalue weighted by Gasteiger charge is -2.31. The van der Waals surface area contributed by atoms with Gasteiger partial charge in [-0.05, 0) is 34.1 Å². The minimum absolute atomic E-state index is 0.130. The molecular weight excluding hydrogens is 404 g/mol. The van der Waals surface area contributed by atoms with Crippen LogP contribution in [0.5, 0.6) is 0 Å². The normalized spacial score (nSPS) is 31.3. The predicted octanol–water partition coefficient (Wildman–Crippen LogP) is 3.36. The number of ether oxygens (including phenoxy) is 2. The van der Waals surface area contributed by atoms with Crippen LogP contribution in [0.15, 0.2) is 12.2 Å². The molecule has 2 aliphatic carbocycles. The smallest absolute Gasteiger partial charge is 0.322 e. The zero-order valence-electron chi connectivity index (χ0n) is 12.6. The van der Waals surface area contributed by atoms with Crippen molar-refractivity contribution in [3.8, 4) is 0 Å². The van der Waals surface area contributed by atoms with Gasteiger partial charge in [-0.3, -0.25) is 9.59 Å². The Morgan fingerprint density at radius 2 is 1.24 bits per heavy atom. The number of hydrogen-bond acceptors (Lipinski definition) is 4. The number of carbonyl (C=O) groups is 2. The van der Waals surface area contributed by atoms with Crippen LogP contribution in [-0.2, 0) is 19.1 Å². The highest BCUT2D eigenvalue weighted by atomic mass is 79.9. The Morgan fingerprint density at radius 1 is 0.905 bits per heavy atom. The molecule has 0 aromatic rings. The highest BCUT2D eigenvalue weighted by molar-refractivity contribution is 9.10. The van der Waals surface area contributed by atoms with Gasteiger partial charge in [0.15, 0.2) is 0 Å². The van der Waals surface area contributed by atoms with E-state index in [0.717, 1.165) is 6.42 Å². The lowest BCUT2D eigenvalue weighted by Crippen LogP contribution is -2.43. The van der Waals surface area contributed by atoms with Crippen molar-refractivity contribution in [1.29, 1.82) is 0 Å². The molecule has 0 spiro atoms. The molecule has 2 aliphatic rings. The average Bonchev–Trinajstić information content (AvgIpc) is 2.89. The molecule has 0 heterocycles. The van der Waals surface area contributed by atoms with E-state index < -0.39 is 20.9 Å². The van der Waals surface area contributed by atoms with Gasteiger partial charge in [-0.2, -0.15) is 0 Å². The molecule has 2 rings (SSSR count). The van der Waals surface area contributed by atoms with E-state index in [2.05, 4.69) is 31.9 Å². The van der Waals surface area contributed by atoms with Gasteiger partial charge in [0.05, 0.1) is 0 Å². The second-order valence-electron chi connectivity index (χ2n) is 6.63. The fourth-order valence-corrected chi connectivity index (χ4v) is 2.75. The Bertz CT molecular complexity index is 431. The molecule has 6 heteroatoms. The van der Waals surface area contributed by atoms with Gasteiger partial charge in [0.25, 0.3) is 0 Å². The first kappa shape index (κ1) is 17.0. The molecule has 0 aromatic heterocycles. The summed E-state index contributed by atoms with van der Waals surface area (Å²) in [7, 11) is 0. The highest BCUT2D eigenvalue weighted by Crippen LogP contribution is 2.44. The first-order valence-electron chi connectivity index (χ1n) is 6.98. The monoisotopic (exact) mass is 422 g/mol. The summed E-state index contributed by atoms with van der Waals surface area (Å²) in [5.41, 5.74) is 0. The molecule has 2 bridgehead atoms. The molecule has 4 nitrogen and oxygen atoms in total. The Kier molecular flexibility index (Phi) is 4.60. The Hall–Kier alpha value is -0.360. The molecule has 21 heavy (non-hydrogen) atoms. The lowest BCUT2D eigenvalue weighted by atomic mass is 10.0. The number of carbonyl (C=O) groups excluding carboxylic acids is 2. The predicted molar refractivity (Wildman–Crippen MR) is 86.5 cm³/mol. The van der Waals surface area contributed by atoms with Crippen molar-refractivity contribution in [3.63, 3.8) is 0 Å². The fraction of sp³-hybridized carbons (Fsp3) is 0.733. The van der Waals surface area contributed by atoms with Crippen molar-refractivity contribution < 1.29 is 19.1 Å². The number of halogens is 2. The maximum atomic E-state index is 12.1. The number of hydrogen-bond donors (Lipinski definition) is 0. The van der Waals surface area contributed by atoms with Crippen LogP contribution in [-0.4, -0.2) is 32.8 Å². The van der Waals surface area contributed by atoms with Crippen LogP contribution >= 0.6 is 31.9 Å². The van der Waals surface area contributed by atoms with Crippen LogP contribution < -0.4 is 0 Å². The topological polar surface area (TPSA) is 52.6 Å². The Balaban J connectivity index is 2.10. The van der Waals surface area contributed by atoms with Gasteiger partial charge in [0.1, 0.15) is 20.9 Å². The van der Waals surface area contributed by atoms with E-state index in [0.29, 0.717) is 0 Å². The summed E-state index contributed by atoms with van der Waals surface area (Å²) >= 11 is 6.60. The number of alkyl halides is 2. The molecule has 1 saturated carbocycles. The second kappa shape index (κ2) is 5.69. The molecule has 1 fully saturated rings. The van der Waals surface area contributed by atoms with E-state index in [1.807, 2.05) is 12.2 Å². The number of esters is 2. The van der Waals surface area contributed by atoms with E-state index in [4.69, 9.17) is 9.47 Å². The third kappa shape index (κ3) is 3.70. The molecule has 0 aliphatic heterocycles. The molecular formula is C15H20Br2O4. The van der Waals surface area contributed by atoms with Gasteiger partial charge in [-0.1, -0.05) is 44.0 Å². The summed E-state index contributed by atoms with van der Waals surface area (Å²) < 4.78 is 9.72. The molecule has 0 aromatic carbocycles. The third-order valence-corrected chi connectivity index (χ3v) is 4.42. The Morgan fingerprint density at radius 3 is 1.52 bits per heavy atom. The fourth-order valence-electron chi connectivity index (χ4n) is 2.57. The van der Waals surface area contributed by atoms with Gasteiger partial charge in [-0.15, -0.1) is 0 Å². The largest absolute Gasteiger partial charge is 0.457 e. The second-order valence-corrected chi connectivity index (χ2v) is 10.6. The van der Waals surface area contributed by atoms with Crippen LogP contribution in [0.4, 0.5) is 0 Å². The quantitative estimate of drug-likeness (QED) is 0.395. The molecule has 0 radical (unpaired) electrons. The van der Waals surface area contributed by atoms with E-state index in [-0.39, 0.29) is 23.8 Å². The van der Waals surface area contributed by atoms with E-state index in [1.54, 1.807) is 27.7 Å². The van der Waals surface area contributed by atoms with Crippen molar-refractivity contribution in [1.82, 2.24) is 0 Å². The third-order valence-electron chi connectivity index (χ3n) is 3.77. The van der Waals surface area contributed by atoms with Crippen molar-refractivity contribution in [2.45, 2.75) is 55.0 Å². The molecule has 118 valence electrons. The molecule has 0 amide bonds. The van der Waals surface area contributed by atoms with Gasteiger partial charge < -0.3 is 9.47 Å². The minimum atomic E-state index is -0.748. The van der Waals surface area contributed by atoms with Gasteiger partial charge in [0.2, 0.25) is 0 Å². The SMILES string of the molecule is CC(C)(Br)C(=O)OC1C2C=CC(C2)C1OC(=O)C(C)(C)Br. The standard InChI is InChI=1S/C15H20Br2O4/c1-14(2,16)12(18)20-10-8-5-6-9(7-8)11(10)21-13(19)15(3,4)17/h5-6,8-11H,7H2,1-4H3. The number of rotatable bonds is 4. The molecule has 0 N–H and O–H groups in total. The molecule has 4 unspecified atom stereocenters. The van der Waals surface area contributed by atoms with Crippen molar-refractivity contribution >= 4 is 43.8 Å². The summed E-state index contributed by atoms with van der Waals surface area (Å²) in [5.74, 6) is -0.421. The molecule has 4 atom stereocenters. The summed E-state index contributed by atoms with van der Waals surface area (Å²) in [4.78, 5) is 24.2. The number of fused-ring (bicyclic) bond motifs is 2. The van der Waals surface area contributed by atoms with E-state index >= 15 is 0 Å². The maximum absolute atomic E-state index is 12.1. The summed E-state index contributed by atoms with van der Waals surface area (Å²) in [6.07, 6.45) is 4.16. The van der Waals surface area contributed by atoms with Crippen LogP contribution in [0.3, 0.4) is 0 Å². The summed E-state index contributed by atoms with van der Waals surface area (Å²) in [6.45, 7) is 6.95. The summed E-state index contributed by atoms with van der Waals surface area (Å²) in [6, 6.07) is 0. The Labute approximate surface area is 141 Å². The zero-order chi connectivity index (χ0) is 16.0. The van der Waals surface area contributed by atoms with Crippen LogP contribution in [0.2, 0.25) is 0 Å². The lowest BCUT2D eigenvalue weighted by molar-refractivity contribution is -0.170. The van der Waals surface area contributed by atoms with E-state index in [1.165, 1.54) is 0 Å². The summed E-state index contributed by atoms with van der Waals surface area (Å²) in [5, 5.41) is 0. The average molecular weight is 424 g/mol. The van der Waals surface area contributed by atoms with Crippen molar-refractivity contribution in [2.24, 2.45) is 11.8 Å². The van der Waals surface area contributed by atoms with Crippen molar-refractivity contribution in [3.05, 3.63) is 12.2 Å². The highest BCUT2D eigenvalue weighted by Gasteiger charge is 2.51. The van der Waals surface area contributed by atoms with E-state index in [9.17, 15) is 9.59 Å². The van der Waals surface area contributed by atoms with Gasteiger partial charge in [0, 0.05) is 11.8 Å². The first-order valence-corrected chi connectivity index (χ1v) is 8.57. The van der Waals surface area contributed by atoms with Crippen molar-refractivity contribution in [2.75, 3.05) is 0 Å². The van der Waals surface area contributed by atoms with Crippen LogP contribution in [0.25, 0.3) is 0 Å². The maximum Gasteiger partial charge on any atom is 0.322 e. The van der Waals surface area contributed by atoms with Crippen LogP contribution in [0.1, 0.15) is 34.1 Å². The van der Waals surface area contributed by atoms with Crippen LogP contribution in [0, 0.1) is 11.8 Å².